The van der Waals surface area contributed by atoms with E-state index in [9.17, 15) is 13.2 Å². The molecule has 1 atom stereocenters. The normalized spacial score (nSPS) is 12.6. The number of esters is 1. The van der Waals surface area contributed by atoms with Gasteiger partial charge in [-0.15, -0.1) is 21.5 Å². The van der Waals surface area contributed by atoms with Crippen LogP contribution in [0.2, 0.25) is 0 Å². The summed E-state index contributed by atoms with van der Waals surface area (Å²) >= 11 is 0.837. The van der Waals surface area contributed by atoms with Crippen LogP contribution in [0.25, 0.3) is 11.5 Å². The van der Waals surface area contributed by atoms with E-state index in [0.717, 1.165) is 17.4 Å². The Kier molecular flexibility index (Phi) is 5.26. The van der Waals surface area contributed by atoms with E-state index in [1.807, 2.05) is 0 Å². The van der Waals surface area contributed by atoms with Gasteiger partial charge in [0.05, 0.1) is 12.7 Å². The van der Waals surface area contributed by atoms with Crippen LogP contribution >= 0.6 is 11.3 Å². The van der Waals surface area contributed by atoms with Crippen molar-refractivity contribution in [2.24, 2.45) is 5.14 Å². The van der Waals surface area contributed by atoms with Crippen LogP contribution in [0.4, 0.5) is 0 Å². The number of thiophene rings is 1. The number of benzene rings is 1. The van der Waals surface area contributed by atoms with Crippen molar-refractivity contribution in [1.29, 1.82) is 0 Å². The molecule has 142 valence electrons. The first-order valence-electron chi connectivity index (χ1n) is 7.58. The van der Waals surface area contributed by atoms with Gasteiger partial charge in [-0.05, 0) is 37.3 Å². The average molecular weight is 409 g/mol. The molecule has 3 rings (SSSR count). The Morgan fingerprint density at radius 1 is 1.26 bits per heavy atom. The van der Waals surface area contributed by atoms with E-state index >= 15 is 0 Å². The third kappa shape index (κ3) is 4.32. The minimum Gasteiger partial charge on any atom is -0.497 e. The molecule has 0 spiro atoms. The Bertz CT molecular complexity index is 1060. The first-order valence-corrected chi connectivity index (χ1v) is 10.0. The van der Waals surface area contributed by atoms with Crippen molar-refractivity contribution in [3.63, 3.8) is 0 Å². The number of carbonyl (C=O) groups is 1. The van der Waals surface area contributed by atoms with Gasteiger partial charge in [-0.25, -0.2) is 18.4 Å². The molecule has 0 aliphatic carbocycles. The van der Waals surface area contributed by atoms with Crippen LogP contribution < -0.4 is 9.88 Å². The number of primary sulfonamides is 1. The minimum absolute atomic E-state index is 0.0748. The highest BCUT2D eigenvalue weighted by molar-refractivity contribution is 7.91. The lowest BCUT2D eigenvalue weighted by Crippen LogP contribution is -2.11. The largest absolute Gasteiger partial charge is 0.497 e. The summed E-state index contributed by atoms with van der Waals surface area (Å²) in [5, 5.41) is 14.2. The fourth-order valence-electron chi connectivity index (χ4n) is 2.10. The van der Waals surface area contributed by atoms with E-state index in [1.54, 1.807) is 38.3 Å². The summed E-state index contributed by atoms with van der Waals surface area (Å²) in [4.78, 5) is 12.2. The van der Waals surface area contributed by atoms with Gasteiger partial charge in [0, 0.05) is 10.9 Å². The van der Waals surface area contributed by atoms with Crippen molar-refractivity contribution in [3.05, 3.63) is 47.2 Å². The summed E-state index contributed by atoms with van der Waals surface area (Å²) in [7, 11) is -2.30. The molecule has 0 fully saturated rings. The van der Waals surface area contributed by atoms with E-state index in [0.29, 0.717) is 11.3 Å². The number of hydrogen-bond donors (Lipinski definition) is 1. The maximum Gasteiger partial charge on any atom is 0.339 e. The Morgan fingerprint density at radius 3 is 2.56 bits per heavy atom. The molecular weight excluding hydrogens is 394 g/mol. The summed E-state index contributed by atoms with van der Waals surface area (Å²) in [6, 6.07) is 8.18. The number of aromatic nitrogens is 2. The molecule has 9 nitrogen and oxygen atoms in total. The predicted molar refractivity (Wildman–Crippen MR) is 95.8 cm³/mol. The maximum atomic E-state index is 12.2. The van der Waals surface area contributed by atoms with Gasteiger partial charge < -0.3 is 13.9 Å². The van der Waals surface area contributed by atoms with Crippen molar-refractivity contribution in [2.75, 3.05) is 7.11 Å². The molecule has 11 heteroatoms. The van der Waals surface area contributed by atoms with Crippen molar-refractivity contribution < 1.29 is 27.1 Å². The van der Waals surface area contributed by atoms with Crippen LogP contribution in [0, 0.1) is 0 Å². The van der Waals surface area contributed by atoms with Gasteiger partial charge >= 0.3 is 5.97 Å². The zero-order chi connectivity index (χ0) is 19.6. The lowest BCUT2D eigenvalue weighted by molar-refractivity contribution is 0.0280. The number of sulfonamides is 1. The van der Waals surface area contributed by atoms with Gasteiger partial charge in [-0.3, -0.25) is 0 Å². The van der Waals surface area contributed by atoms with Crippen molar-refractivity contribution in [2.45, 2.75) is 17.2 Å². The number of methoxy groups -OCH3 is 1. The number of rotatable bonds is 6. The van der Waals surface area contributed by atoms with Gasteiger partial charge in [-0.2, -0.15) is 0 Å². The summed E-state index contributed by atoms with van der Waals surface area (Å²) in [5.41, 5.74) is 0.759. The van der Waals surface area contributed by atoms with E-state index in [4.69, 9.17) is 19.0 Å². The van der Waals surface area contributed by atoms with Gasteiger partial charge in [0.1, 0.15) is 9.96 Å². The number of ether oxygens (including phenoxy) is 2. The smallest absolute Gasteiger partial charge is 0.339 e. The second-order valence-corrected chi connectivity index (χ2v) is 8.12. The molecule has 27 heavy (non-hydrogen) atoms. The Balaban J connectivity index is 1.71. The van der Waals surface area contributed by atoms with Crippen LogP contribution in [0.15, 0.2) is 44.3 Å². The molecular formula is C16H15N3O6S2. The van der Waals surface area contributed by atoms with E-state index < -0.39 is 22.1 Å². The van der Waals surface area contributed by atoms with Crippen molar-refractivity contribution in [3.8, 4) is 17.2 Å². The van der Waals surface area contributed by atoms with Crippen LogP contribution in [-0.2, 0) is 14.8 Å². The zero-order valence-corrected chi connectivity index (χ0v) is 15.9. The number of hydrogen-bond acceptors (Lipinski definition) is 9. The lowest BCUT2D eigenvalue weighted by atomic mass is 10.2. The second-order valence-electron chi connectivity index (χ2n) is 5.42. The Hall–Kier alpha value is -2.76. The maximum absolute atomic E-state index is 12.2. The highest BCUT2D eigenvalue weighted by Gasteiger charge is 2.22. The number of carbonyl (C=O) groups excluding carboxylic acids is 1. The molecule has 0 aliphatic rings. The third-order valence-electron chi connectivity index (χ3n) is 3.50. The molecule has 2 N–H and O–H groups in total. The quantitative estimate of drug-likeness (QED) is 0.613. The second kappa shape index (κ2) is 7.47. The summed E-state index contributed by atoms with van der Waals surface area (Å²) < 4.78 is 38.3. The van der Waals surface area contributed by atoms with Crippen LogP contribution in [0.1, 0.15) is 29.3 Å². The van der Waals surface area contributed by atoms with Crippen molar-refractivity contribution in [1.82, 2.24) is 10.2 Å². The Labute approximate surface area is 158 Å². The van der Waals surface area contributed by atoms with Crippen LogP contribution in [0.5, 0.6) is 5.75 Å². The molecule has 0 saturated heterocycles. The monoisotopic (exact) mass is 409 g/mol. The molecule has 1 aromatic carbocycles. The van der Waals surface area contributed by atoms with Crippen LogP contribution in [-0.4, -0.2) is 31.7 Å². The Morgan fingerprint density at radius 2 is 1.96 bits per heavy atom. The first-order chi connectivity index (χ1) is 12.8. The van der Waals surface area contributed by atoms with Gasteiger partial charge in [0.25, 0.3) is 5.89 Å². The summed E-state index contributed by atoms with van der Waals surface area (Å²) in [6.07, 6.45) is -0.824. The fourth-order valence-corrected chi connectivity index (χ4v) is 3.68. The van der Waals surface area contributed by atoms with E-state index in [1.165, 1.54) is 5.38 Å². The van der Waals surface area contributed by atoms with Crippen LogP contribution in [0.3, 0.4) is 0 Å². The van der Waals surface area contributed by atoms with Gasteiger partial charge in [-0.1, -0.05) is 0 Å². The van der Waals surface area contributed by atoms with E-state index in [-0.39, 0.29) is 21.6 Å². The molecule has 2 aromatic heterocycles. The molecule has 1 unspecified atom stereocenters. The standard InChI is InChI=1S/C16H15N3O6S2/c1-9(24-16(20)11-7-13(26-8-11)27(17,21)22)14-18-19-15(25-14)10-3-5-12(23-2)6-4-10/h3-9H,1-2H3,(H2,17,21,22). The highest BCUT2D eigenvalue weighted by Crippen LogP contribution is 2.26. The number of nitrogens with zero attached hydrogens (tertiary/aromatic N) is 2. The summed E-state index contributed by atoms with van der Waals surface area (Å²) in [6.45, 7) is 1.57. The highest BCUT2D eigenvalue weighted by atomic mass is 32.2. The van der Waals surface area contributed by atoms with Gasteiger partial charge in [0.15, 0.2) is 6.10 Å². The van der Waals surface area contributed by atoms with E-state index in [2.05, 4.69) is 10.2 Å². The zero-order valence-electron chi connectivity index (χ0n) is 14.3. The third-order valence-corrected chi connectivity index (χ3v) is 5.89. The predicted octanol–water partition coefficient (Wildman–Crippen LogP) is 2.37. The first kappa shape index (κ1) is 19.0. The molecule has 0 bridgehead atoms. The van der Waals surface area contributed by atoms with Gasteiger partial charge in [0.2, 0.25) is 15.9 Å². The average Bonchev–Trinajstić information content (AvgIpc) is 3.31. The molecule has 0 amide bonds. The molecule has 3 aromatic rings. The SMILES string of the molecule is COc1ccc(-c2nnc(C(C)OC(=O)c3csc(S(N)(=O)=O)c3)o2)cc1. The molecule has 2 heterocycles. The molecule has 0 radical (unpaired) electrons. The van der Waals surface area contributed by atoms with Crippen molar-refractivity contribution >= 4 is 27.3 Å². The topological polar surface area (TPSA) is 135 Å². The fraction of sp³-hybridized carbons (Fsp3) is 0.188. The lowest BCUT2D eigenvalue weighted by Gasteiger charge is -2.08. The molecule has 0 aliphatic heterocycles. The minimum atomic E-state index is -3.87. The summed E-state index contributed by atoms with van der Waals surface area (Å²) in [5.74, 6) is 0.340. The molecule has 0 saturated carbocycles. The number of nitrogens with two attached hydrogens (primary N) is 1.